The number of hydrogen-bond acceptors (Lipinski definition) is 2. The van der Waals surface area contributed by atoms with E-state index in [-0.39, 0.29) is 0 Å². The van der Waals surface area contributed by atoms with Crippen molar-refractivity contribution < 1.29 is 0 Å². The second-order valence-electron chi connectivity index (χ2n) is 5.18. The van der Waals surface area contributed by atoms with Gasteiger partial charge in [0.15, 0.2) is 0 Å². The lowest BCUT2D eigenvalue weighted by Crippen LogP contribution is -2.42. The van der Waals surface area contributed by atoms with E-state index < -0.39 is 0 Å². The normalized spacial score (nSPS) is 31.9. The molecule has 0 amide bonds. The molecule has 2 aliphatic rings. The number of nitrogens with zero attached hydrogens (tertiary/aromatic N) is 1. The van der Waals surface area contributed by atoms with Crippen LogP contribution in [0.15, 0.2) is 12.7 Å². The first-order valence-electron chi connectivity index (χ1n) is 6.42. The van der Waals surface area contributed by atoms with Crippen LogP contribution in [0.25, 0.3) is 0 Å². The summed E-state index contributed by atoms with van der Waals surface area (Å²) in [5.41, 5.74) is 6.19. The SMILES string of the molecule is C=CCN(CC1CCCCC1N)C1CC1. The molecule has 2 nitrogen and oxygen atoms in total. The molecular formula is C13H24N2. The maximum atomic E-state index is 6.19. The first-order valence-corrected chi connectivity index (χ1v) is 6.42. The van der Waals surface area contributed by atoms with E-state index in [4.69, 9.17) is 5.73 Å². The third-order valence-electron chi connectivity index (χ3n) is 3.86. The number of nitrogens with two attached hydrogens (primary N) is 1. The minimum absolute atomic E-state index is 0.449. The van der Waals surface area contributed by atoms with Crippen LogP contribution in [-0.4, -0.2) is 30.1 Å². The van der Waals surface area contributed by atoms with Crippen molar-refractivity contribution in [1.29, 1.82) is 0 Å². The fraction of sp³-hybridized carbons (Fsp3) is 0.846. The van der Waals surface area contributed by atoms with E-state index >= 15 is 0 Å². The highest BCUT2D eigenvalue weighted by Crippen LogP contribution is 2.30. The Morgan fingerprint density at radius 3 is 2.53 bits per heavy atom. The van der Waals surface area contributed by atoms with Gasteiger partial charge in [-0.2, -0.15) is 0 Å². The molecule has 2 fully saturated rings. The molecule has 0 aliphatic heterocycles. The molecule has 2 atom stereocenters. The van der Waals surface area contributed by atoms with Gasteiger partial charge in [0.1, 0.15) is 0 Å². The van der Waals surface area contributed by atoms with Gasteiger partial charge in [-0.1, -0.05) is 18.9 Å². The highest BCUT2D eigenvalue weighted by atomic mass is 15.2. The monoisotopic (exact) mass is 208 g/mol. The van der Waals surface area contributed by atoms with E-state index in [1.54, 1.807) is 0 Å². The quantitative estimate of drug-likeness (QED) is 0.702. The van der Waals surface area contributed by atoms with Gasteiger partial charge >= 0.3 is 0 Å². The van der Waals surface area contributed by atoms with Crippen LogP contribution in [0, 0.1) is 5.92 Å². The molecule has 0 saturated heterocycles. The number of rotatable bonds is 5. The van der Waals surface area contributed by atoms with Gasteiger partial charge in [0.25, 0.3) is 0 Å². The Bertz CT molecular complexity index is 211. The molecule has 0 bridgehead atoms. The Morgan fingerprint density at radius 2 is 1.93 bits per heavy atom. The Kier molecular flexibility index (Phi) is 3.81. The van der Waals surface area contributed by atoms with Crippen LogP contribution in [0.1, 0.15) is 38.5 Å². The third kappa shape index (κ3) is 3.05. The van der Waals surface area contributed by atoms with Gasteiger partial charge in [0.05, 0.1) is 0 Å². The summed E-state index contributed by atoms with van der Waals surface area (Å²) >= 11 is 0. The molecule has 2 unspecified atom stereocenters. The summed E-state index contributed by atoms with van der Waals surface area (Å²) in [5, 5.41) is 0. The lowest BCUT2D eigenvalue weighted by molar-refractivity contribution is 0.190. The van der Waals surface area contributed by atoms with Gasteiger partial charge in [-0.15, -0.1) is 6.58 Å². The summed E-state index contributed by atoms with van der Waals surface area (Å²) in [6.45, 7) is 6.11. The average Bonchev–Trinajstić information content (AvgIpc) is 3.04. The zero-order chi connectivity index (χ0) is 10.7. The predicted molar refractivity (Wildman–Crippen MR) is 64.7 cm³/mol. The van der Waals surface area contributed by atoms with Crippen molar-refractivity contribution in [2.45, 2.75) is 50.6 Å². The fourth-order valence-corrected chi connectivity index (χ4v) is 2.74. The summed E-state index contributed by atoms with van der Waals surface area (Å²) in [7, 11) is 0. The van der Waals surface area contributed by atoms with Crippen LogP contribution in [0.2, 0.25) is 0 Å². The van der Waals surface area contributed by atoms with Gasteiger partial charge in [-0.05, 0) is 31.6 Å². The summed E-state index contributed by atoms with van der Waals surface area (Å²) in [4.78, 5) is 2.59. The van der Waals surface area contributed by atoms with Crippen LogP contribution in [-0.2, 0) is 0 Å². The lowest BCUT2D eigenvalue weighted by Gasteiger charge is -2.33. The Morgan fingerprint density at radius 1 is 1.20 bits per heavy atom. The summed E-state index contributed by atoms with van der Waals surface area (Å²) in [5.74, 6) is 0.735. The minimum Gasteiger partial charge on any atom is -0.327 e. The molecule has 2 N–H and O–H groups in total. The summed E-state index contributed by atoms with van der Waals surface area (Å²) in [6.07, 6.45) is 10.1. The van der Waals surface area contributed by atoms with Crippen molar-refractivity contribution in [3.05, 3.63) is 12.7 Å². The van der Waals surface area contributed by atoms with E-state index in [9.17, 15) is 0 Å². The van der Waals surface area contributed by atoms with E-state index in [0.29, 0.717) is 6.04 Å². The second kappa shape index (κ2) is 5.13. The first kappa shape index (κ1) is 11.2. The van der Waals surface area contributed by atoms with Gasteiger partial charge in [0, 0.05) is 25.2 Å². The molecule has 86 valence electrons. The molecular weight excluding hydrogens is 184 g/mol. The molecule has 2 aliphatic carbocycles. The van der Waals surface area contributed by atoms with E-state index in [2.05, 4.69) is 11.5 Å². The highest BCUT2D eigenvalue weighted by Gasteiger charge is 2.31. The summed E-state index contributed by atoms with van der Waals surface area (Å²) < 4.78 is 0. The van der Waals surface area contributed by atoms with Crippen LogP contribution >= 0.6 is 0 Å². The zero-order valence-electron chi connectivity index (χ0n) is 9.70. The van der Waals surface area contributed by atoms with Crippen molar-refractivity contribution in [2.24, 2.45) is 11.7 Å². The largest absolute Gasteiger partial charge is 0.327 e. The van der Waals surface area contributed by atoms with Gasteiger partial charge < -0.3 is 5.73 Å². The maximum absolute atomic E-state index is 6.19. The Labute approximate surface area is 93.5 Å². The topological polar surface area (TPSA) is 29.3 Å². The van der Waals surface area contributed by atoms with Gasteiger partial charge in [-0.3, -0.25) is 4.90 Å². The molecule has 15 heavy (non-hydrogen) atoms. The predicted octanol–water partition coefficient (Wildman–Crippen LogP) is 2.15. The maximum Gasteiger partial charge on any atom is 0.0163 e. The third-order valence-corrected chi connectivity index (χ3v) is 3.86. The minimum atomic E-state index is 0.449. The fourth-order valence-electron chi connectivity index (χ4n) is 2.74. The van der Waals surface area contributed by atoms with Gasteiger partial charge in [0.2, 0.25) is 0 Å². The van der Waals surface area contributed by atoms with Gasteiger partial charge in [-0.25, -0.2) is 0 Å². The second-order valence-corrected chi connectivity index (χ2v) is 5.18. The van der Waals surface area contributed by atoms with Crippen molar-refractivity contribution in [3.63, 3.8) is 0 Å². The molecule has 0 heterocycles. The molecule has 0 aromatic rings. The number of hydrogen-bond donors (Lipinski definition) is 1. The van der Waals surface area contributed by atoms with Crippen LogP contribution in [0.5, 0.6) is 0 Å². The van der Waals surface area contributed by atoms with Crippen molar-refractivity contribution in [3.8, 4) is 0 Å². The lowest BCUT2D eigenvalue weighted by atomic mass is 9.84. The van der Waals surface area contributed by atoms with E-state index in [1.807, 2.05) is 6.08 Å². The standard InChI is InChI=1S/C13H24N2/c1-2-9-15(12-7-8-12)10-11-5-3-4-6-13(11)14/h2,11-13H,1,3-10,14H2. The molecule has 0 aromatic heterocycles. The van der Waals surface area contributed by atoms with Crippen molar-refractivity contribution >= 4 is 0 Å². The summed E-state index contributed by atoms with van der Waals surface area (Å²) in [6, 6.07) is 1.29. The molecule has 2 saturated carbocycles. The Balaban J connectivity index is 1.83. The molecule has 2 heteroatoms. The van der Waals surface area contributed by atoms with Crippen molar-refractivity contribution in [2.75, 3.05) is 13.1 Å². The zero-order valence-corrected chi connectivity index (χ0v) is 9.70. The average molecular weight is 208 g/mol. The smallest absolute Gasteiger partial charge is 0.0163 e. The van der Waals surface area contributed by atoms with E-state index in [0.717, 1.165) is 18.5 Å². The Hall–Kier alpha value is -0.340. The van der Waals surface area contributed by atoms with E-state index in [1.165, 1.54) is 45.1 Å². The molecule has 2 rings (SSSR count). The highest BCUT2D eigenvalue weighted by molar-refractivity contribution is 4.91. The molecule has 0 radical (unpaired) electrons. The first-order chi connectivity index (χ1) is 7.31. The molecule has 0 spiro atoms. The molecule has 0 aromatic carbocycles. The van der Waals surface area contributed by atoms with Crippen molar-refractivity contribution in [1.82, 2.24) is 4.90 Å². The van der Waals surface area contributed by atoms with Crippen LogP contribution in [0.3, 0.4) is 0 Å². The van der Waals surface area contributed by atoms with Crippen LogP contribution < -0.4 is 5.73 Å². The van der Waals surface area contributed by atoms with Crippen LogP contribution in [0.4, 0.5) is 0 Å².